The van der Waals surface area contributed by atoms with E-state index in [0.29, 0.717) is 0 Å². The molecule has 0 heterocycles. The first-order valence-electron chi connectivity index (χ1n) is 15.9. The fourth-order valence-corrected chi connectivity index (χ4v) is 6.66. The number of hydrogen-bond acceptors (Lipinski definition) is 1. The molecule has 0 amide bonds. The van der Waals surface area contributed by atoms with Crippen LogP contribution in [0.5, 0.6) is 0 Å². The molecule has 8 rings (SSSR count). The Morgan fingerprint density at radius 2 is 0.783 bits per heavy atom. The third-order valence-corrected chi connectivity index (χ3v) is 9.02. The first-order chi connectivity index (χ1) is 22.7. The molecule has 46 heavy (non-hydrogen) atoms. The second-order valence-corrected chi connectivity index (χ2v) is 11.8. The Morgan fingerprint density at radius 1 is 0.326 bits per heavy atom. The average Bonchev–Trinajstić information content (AvgIpc) is 3.13. The molecule has 0 radical (unpaired) electrons. The summed E-state index contributed by atoms with van der Waals surface area (Å²) in [6.45, 7) is 2.21. The van der Waals surface area contributed by atoms with Gasteiger partial charge < -0.3 is 4.90 Å². The molecule has 8 aromatic carbocycles. The number of nitrogens with zero attached hydrogens (tertiary/aromatic N) is 1. The third kappa shape index (κ3) is 5.12. The van der Waals surface area contributed by atoms with Gasteiger partial charge >= 0.3 is 0 Å². The van der Waals surface area contributed by atoms with E-state index in [1.807, 2.05) is 0 Å². The summed E-state index contributed by atoms with van der Waals surface area (Å²) < 4.78 is 0. The Labute approximate surface area is 270 Å². The number of aryl methyl sites for hydroxylation is 1. The Bertz CT molecular complexity index is 2180. The van der Waals surface area contributed by atoms with Gasteiger partial charge in [0, 0.05) is 17.1 Å². The van der Waals surface area contributed by atoms with Crippen LogP contribution in [0.25, 0.3) is 54.9 Å². The van der Waals surface area contributed by atoms with Gasteiger partial charge in [-0.1, -0.05) is 146 Å². The monoisotopic (exact) mass is 587 g/mol. The maximum absolute atomic E-state index is 2.34. The first-order valence-corrected chi connectivity index (χ1v) is 15.9. The highest BCUT2D eigenvalue weighted by atomic mass is 15.1. The molecule has 0 N–H and O–H groups in total. The van der Waals surface area contributed by atoms with Crippen molar-refractivity contribution in [3.63, 3.8) is 0 Å². The van der Waals surface area contributed by atoms with Crippen LogP contribution in [0, 0.1) is 6.92 Å². The molecule has 0 aromatic heterocycles. The molecule has 0 aliphatic rings. The van der Waals surface area contributed by atoms with Gasteiger partial charge in [-0.3, -0.25) is 0 Å². The normalized spacial score (nSPS) is 11.2. The summed E-state index contributed by atoms with van der Waals surface area (Å²) in [5.41, 5.74) is 12.0. The lowest BCUT2D eigenvalue weighted by atomic mass is 9.92. The minimum Gasteiger partial charge on any atom is -0.311 e. The van der Waals surface area contributed by atoms with Crippen molar-refractivity contribution in [1.82, 2.24) is 0 Å². The molecular formula is C45H33N. The molecule has 0 aliphatic heterocycles. The van der Waals surface area contributed by atoms with E-state index in [-0.39, 0.29) is 0 Å². The summed E-state index contributed by atoms with van der Waals surface area (Å²) in [6, 6.07) is 65.6. The largest absolute Gasteiger partial charge is 0.311 e. The Kier molecular flexibility index (Phi) is 7.13. The van der Waals surface area contributed by atoms with Crippen molar-refractivity contribution in [2.24, 2.45) is 0 Å². The highest BCUT2D eigenvalue weighted by Crippen LogP contribution is 2.39. The molecule has 0 saturated heterocycles. The number of hydrogen-bond donors (Lipinski definition) is 0. The van der Waals surface area contributed by atoms with Crippen LogP contribution in [0.4, 0.5) is 17.1 Å². The number of anilines is 3. The van der Waals surface area contributed by atoms with Crippen LogP contribution in [0.3, 0.4) is 0 Å². The molecule has 0 unspecified atom stereocenters. The summed E-state index contributed by atoms with van der Waals surface area (Å²) in [6.07, 6.45) is 0. The standard InChI is InChI=1S/C45H33N/c1-32-16-30-42(44-31-23-37-14-8-9-15-43(37)45(32)44)38-21-28-41(29-22-38)46(39-24-17-35(18-25-39)33-10-4-2-5-11-33)40-26-19-36(20-27-40)34-12-6-3-7-13-34/h2-31H,1H3. The molecule has 218 valence electrons. The topological polar surface area (TPSA) is 3.24 Å². The second-order valence-electron chi connectivity index (χ2n) is 11.8. The van der Waals surface area contributed by atoms with Crippen LogP contribution in [0.15, 0.2) is 182 Å². The summed E-state index contributed by atoms with van der Waals surface area (Å²) in [5.74, 6) is 0. The van der Waals surface area contributed by atoms with Crippen LogP contribution in [0.2, 0.25) is 0 Å². The maximum atomic E-state index is 2.34. The van der Waals surface area contributed by atoms with E-state index in [4.69, 9.17) is 0 Å². The number of rotatable bonds is 6. The minimum absolute atomic E-state index is 1.12. The SMILES string of the molecule is Cc1ccc(-c2ccc(N(c3ccc(-c4ccccc4)cc3)c3ccc(-c4ccccc4)cc3)cc2)c2ccc3ccccc3c12. The number of fused-ring (bicyclic) bond motifs is 3. The summed E-state index contributed by atoms with van der Waals surface area (Å²) in [4.78, 5) is 2.34. The van der Waals surface area contributed by atoms with Crippen LogP contribution in [0.1, 0.15) is 5.56 Å². The summed E-state index contributed by atoms with van der Waals surface area (Å²) in [5, 5.41) is 5.20. The highest BCUT2D eigenvalue weighted by Gasteiger charge is 2.15. The maximum Gasteiger partial charge on any atom is 0.0462 e. The van der Waals surface area contributed by atoms with Gasteiger partial charge in [-0.2, -0.15) is 0 Å². The molecule has 0 spiro atoms. The van der Waals surface area contributed by atoms with Gasteiger partial charge in [0.25, 0.3) is 0 Å². The first kappa shape index (κ1) is 27.6. The van der Waals surface area contributed by atoms with Gasteiger partial charge in [-0.05, 0) is 104 Å². The zero-order chi connectivity index (χ0) is 30.9. The van der Waals surface area contributed by atoms with E-state index in [1.54, 1.807) is 0 Å². The van der Waals surface area contributed by atoms with E-state index in [1.165, 1.54) is 60.5 Å². The smallest absolute Gasteiger partial charge is 0.0462 e. The van der Waals surface area contributed by atoms with Gasteiger partial charge in [0.1, 0.15) is 0 Å². The van der Waals surface area contributed by atoms with Crippen molar-refractivity contribution in [2.45, 2.75) is 6.92 Å². The average molecular weight is 588 g/mol. The van der Waals surface area contributed by atoms with E-state index in [9.17, 15) is 0 Å². The molecular weight excluding hydrogens is 555 g/mol. The van der Waals surface area contributed by atoms with Crippen molar-refractivity contribution >= 4 is 38.6 Å². The predicted molar refractivity (Wildman–Crippen MR) is 197 cm³/mol. The van der Waals surface area contributed by atoms with Gasteiger partial charge in [-0.15, -0.1) is 0 Å². The molecule has 1 nitrogen and oxygen atoms in total. The lowest BCUT2D eigenvalue weighted by Gasteiger charge is -2.26. The Hall–Kier alpha value is -5.92. The van der Waals surface area contributed by atoms with E-state index in [2.05, 4.69) is 194 Å². The van der Waals surface area contributed by atoms with E-state index < -0.39 is 0 Å². The van der Waals surface area contributed by atoms with E-state index in [0.717, 1.165) is 17.1 Å². The van der Waals surface area contributed by atoms with Gasteiger partial charge in [0.15, 0.2) is 0 Å². The molecule has 1 heteroatoms. The van der Waals surface area contributed by atoms with Crippen LogP contribution in [-0.2, 0) is 0 Å². The zero-order valence-corrected chi connectivity index (χ0v) is 25.8. The third-order valence-electron chi connectivity index (χ3n) is 9.02. The molecule has 0 saturated carbocycles. The molecule has 0 atom stereocenters. The van der Waals surface area contributed by atoms with Gasteiger partial charge in [0.2, 0.25) is 0 Å². The van der Waals surface area contributed by atoms with Crippen LogP contribution >= 0.6 is 0 Å². The predicted octanol–water partition coefficient (Wildman–Crippen LogP) is 12.8. The van der Waals surface area contributed by atoms with Crippen molar-refractivity contribution in [3.8, 4) is 33.4 Å². The second kappa shape index (κ2) is 11.9. The Balaban J connectivity index is 1.20. The lowest BCUT2D eigenvalue weighted by Crippen LogP contribution is -2.09. The highest BCUT2D eigenvalue weighted by molar-refractivity contribution is 6.13. The zero-order valence-electron chi connectivity index (χ0n) is 25.8. The minimum atomic E-state index is 1.12. The van der Waals surface area contributed by atoms with Crippen molar-refractivity contribution in [3.05, 3.63) is 188 Å². The van der Waals surface area contributed by atoms with Crippen LogP contribution < -0.4 is 4.90 Å². The summed E-state index contributed by atoms with van der Waals surface area (Å²) >= 11 is 0. The van der Waals surface area contributed by atoms with Crippen molar-refractivity contribution in [1.29, 1.82) is 0 Å². The van der Waals surface area contributed by atoms with Crippen LogP contribution in [-0.4, -0.2) is 0 Å². The van der Waals surface area contributed by atoms with Crippen molar-refractivity contribution < 1.29 is 0 Å². The van der Waals surface area contributed by atoms with Crippen molar-refractivity contribution in [2.75, 3.05) is 4.90 Å². The summed E-state index contributed by atoms with van der Waals surface area (Å²) in [7, 11) is 0. The van der Waals surface area contributed by atoms with Gasteiger partial charge in [0.05, 0.1) is 0 Å². The fraction of sp³-hybridized carbons (Fsp3) is 0.0222. The lowest BCUT2D eigenvalue weighted by molar-refractivity contribution is 1.28. The fourth-order valence-electron chi connectivity index (χ4n) is 6.66. The van der Waals surface area contributed by atoms with Gasteiger partial charge in [-0.25, -0.2) is 0 Å². The molecule has 0 fully saturated rings. The molecule has 0 bridgehead atoms. The van der Waals surface area contributed by atoms with E-state index >= 15 is 0 Å². The molecule has 0 aliphatic carbocycles. The quantitative estimate of drug-likeness (QED) is 0.175. The number of benzene rings is 8. The molecule has 8 aromatic rings. The Morgan fingerprint density at radius 3 is 1.33 bits per heavy atom.